The van der Waals surface area contributed by atoms with E-state index in [1.807, 2.05) is 36.7 Å². The lowest BCUT2D eigenvalue weighted by Gasteiger charge is -2.36. The number of amides is 1. The molecule has 0 saturated carbocycles. The van der Waals surface area contributed by atoms with Crippen molar-refractivity contribution in [1.82, 2.24) is 19.9 Å². The lowest BCUT2D eigenvalue weighted by Crippen LogP contribution is -2.51. The van der Waals surface area contributed by atoms with Crippen molar-refractivity contribution in [2.45, 2.75) is 63.0 Å². The van der Waals surface area contributed by atoms with Crippen molar-refractivity contribution < 1.29 is 4.79 Å². The SMILES string of the molecule is CCC(C(N)=O)(c1cc(NC2CNC2)ccc1C)n1cccc2nc(SCc3ccc(CC(C)C)cc3)nc1-2. The quantitative estimate of drug-likeness (QED) is 0.225. The second-order valence-electron chi connectivity index (χ2n) is 10.9. The van der Waals surface area contributed by atoms with Crippen LogP contribution in [0.25, 0.3) is 11.5 Å². The van der Waals surface area contributed by atoms with Crippen LogP contribution in [-0.2, 0) is 22.5 Å². The number of thioether (sulfide) groups is 1. The van der Waals surface area contributed by atoms with E-state index in [4.69, 9.17) is 15.7 Å². The van der Waals surface area contributed by atoms with Crippen LogP contribution in [0.5, 0.6) is 0 Å². The van der Waals surface area contributed by atoms with Crippen LogP contribution < -0.4 is 16.4 Å². The molecule has 0 aromatic heterocycles. The number of primary amides is 1. The van der Waals surface area contributed by atoms with E-state index in [2.05, 4.69) is 66.9 Å². The maximum atomic E-state index is 13.4. The smallest absolute Gasteiger partial charge is 0.248 e. The summed E-state index contributed by atoms with van der Waals surface area (Å²) in [5, 5.41) is 7.54. The van der Waals surface area contributed by atoms with Crippen LogP contribution in [0.2, 0.25) is 0 Å². The van der Waals surface area contributed by atoms with Gasteiger partial charge in [-0.25, -0.2) is 9.97 Å². The predicted octanol–water partition coefficient (Wildman–Crippen LogP) is 5.20. The van der Waals surface area contributed by atoms with Gasteiger partial charge in [0.1, 0.15) is 11.2 Å². The Bertz CT molecular complexity index is 1410. The van der Waals surface area contributed by atoms with Gasteiger partial charge in [0.2, 0.25) is 5.91 Å². The van der Waals surface area contributed by atoms with Gasteiger partial charge in [-0.15, -0.1) is 0 Å². The van der Waals surface area contributed by atoms with Crippen LogP contribution in [0.15, 0.2) is 66.0 Å². The van der Waals surface area contributed by atoms with Gasteiger partial charge < -0.3 is 20.9 Å². The Morgan fingerprint density at radius 3 is 2.54 bits per heavy atom. The molecule has 1 amide bonds. The van der Waals surface area contributed by atoms with Gasteiger partial charge in [0.15, 0.2) is 11.0 Å². The average Bonchev–Trinajstić information content (AvgIpc) is 3.31. The van der Waals surface area contributed by atoms with Crippen molar-refractivity contribution in [2.75, 3.05) is 18.4 Å². The molecule has 5 rings (SSSR count). The zero-order chi connectivity index (χ0) is 27.6. The average molecular weight is 543 g/mol. The van der Waals surface area contributed by atoms with Gasteiger partial charge in [0, 0.05) is 30.7 Å². The molecule has 7 nitrogen and oxygen atoms in total. The van der Waals surface area contributed by atoms with Crippen LogP contribution in [0.1, 0.15) is 49.4 Å². The van der Waals surface area contributed by atoms with Crippen LogP contribution in [0.3, 0.4) is 0 Å². The highest BCUT2D eigenvalue weighted by molar-refractivity contribution is 7.98. The van der Waals surface area contributed by atoms with Gasteiger partial charge in [0.05, 0.1) is 6.04 Å². The molecule has 3 aliphatic heterocycles. The lowest BCUT2D eigenvalue weighted by molar-refractivity contribution is -0.124. The summed E-state index contributed by atoms with van der Waals surface area (Å²) in [6.07, 6.45) is 3.47. The number of imidazole rings is 1. The molecule has 2 aromatic rings. The molecule has 204 valence electrons. The summed E-state index contributed by atoms with van der Waals surface area (Å²) < 4.78 is 1.93. The summed E-state index contributed by atoms with van der Waals surface area (Å²) in [5.74, 6) is 1.66. The number of aromatic nitrogens is 3. The first-order chi connectivity index (χ1) is 18.8. The maximum Gasteiger partial charge on any atom is 0.248 e. The number of anilines is 1. The third-order valence-electron chi connectivity index (χ3n) is 7.56. The van der Waals surface area contributed by atoms with Crippen molar-refractivity contribution in [2.24, 2.45) is 11.7 Å². The molecule has 0 aliphatic carbocycles. The van der Waals surface area contributed by atoms with Crippen molar-refractivity contribution in [3.8, 4) is 11.5 Å². The van der Waals surface area contributed by atoms with E-state index in [0.717, 1.165) is 47.8 Å². The number of aryl methyl sites for hydroxylation is 1. The summed E-state index contributed by atoms with van der Waals surface area (Å²) in [6.45, 7) is 10.4. The fraction of sp³-hybridized carbons (Fsp3) is 0.387. The molecule has 0 radical (unpaired) electrons. The third kappa shape index (κ3) is 5.54. The fourth-order valence-corrected chi connectivity index (χ4v) is 6.17. The lowest BCUT2D eigenvalue weighted by atomic mass is 9.82. The molecule has 1 fully saturated rings. The summed E-state index contributed by atoms with van der Waals surface area (Å²) in [4.78, 5) is 23.1. The molecule has 3 heterocycles. The molecule has 0 bridgehead atoms. The van der Waals surface area contributed by atoms with Crippen LogP contribution >= 0.6 is 11.8 Å². The van der Waals surface area contributed by atoms with Crippen molar-refractivity contribution in [1.29, 1.82) is 0 Å². The molecular weight excluding hydrogens is 504 g/mol. The first-order valence-corrected chi connectivity index (χ1v) is 14.7. The standard InChI is InChI=1S/C31H38N6OS/c1-5-31(29(32)38,26-16-24(13-8-21(26)4)34-25-17-33-18-25)37-14-6-7-27-28(37)36-30(35-27)39-19-23-11-9-22(10-12-23)15-20(2)3/h6-14,16,20,25,33-34H,5,15,17-19H2,1-4H3,(H2,32,38). The first kappa shape index (κ1) is 27.2. The van der Waals surface area contributed by atoms with E-state index in [-0.39, 0.29) is 0 Å². The van der Waals surface area contributed by atoms with Crippen LogP contribution in [-0.4, -0.2) is 39.6 Å². The molecule has 1 unspecified atom stereocenters. The summed E-state index contributed by atoms with van der Waals surface area (Å²) in [5.41, 5.74) is 11.3. The number of benzene rings is 2. The van der Waals surface area contributed by atoms with E-state index in [1.165, 1.54) is 11.1 Å². The topological polar surface area (TPSA) is 97.9 Å². The summed E-state index contributed by atoms with van der Waals surface area (Å²) in [6, 6.07) is 19.2. The number of nitrogens with zero attached hydrogens (tertiary/aromatic N) is 3. The van der Waals surface area contributed by atoms with Gasteiger partial charge in [-0.05, 0) is 72.2 Å². The van der Waals surface area contributed by atoms with Gasteiger partial charge in [-0.3, -0.25) is 4.79 Å². The van der Waals surface area contributed by atoms with E-state index >= 15 is 0 Å². The minimum Gasteiger partial charge on any atom is -0.380 e. The molecule has 1 atom stereocenters. The van der Waals surface area contributed by atoms with E-state index in [1.54, 1.807) is 11.8 Å². The Kier molecular flexibility index (Phi) is 7.96. The van der Waals surface area contributed by atoms with Gasteiger partial charge in [-0.2, -0.15) is 0 Å². The number of carbonyl (C=O) groups is 1. The zero-order valence-corrected chi connectivity index (χ0v) is 24.0. The first-order valence-electron chi connectivity index (χ1n) is 13.7. The second-order valence-corrected chi connectivity index (χ2v) is 11.8. The molecule has 3 aliphatic rings. The van der Waals surface area contributed by atoms with E-state index in [9.17, 15) is 4.79 Å². The van der Waals surface area contributed by atoms with Crippen LogP contribution in [0.4, 0.5) is 5.69 Å². The molecule has 1 saturated heterocycles. The zero-order valence-electron chi connectivity index (χ0n) is 23.2. The second kappa shape index (κ2) is 11.4. The number of hydrogen-bond acceptors (Lipinski definition) is 6. The van der Waals surface area contributed by atoms with E-state index in [0.29, 0.717) is 29.4 Å². The van der Waals surface area contributed by atoms with Crippen LogP contribution in [0, 0.1) is 12.8 Å². The number of pyridine rings is 1. The van der Waals surface area contributed by atoms with Gasteiger partial charge >= 0.3 is 0 Å². The molecule has 2 aromatic carbocycles. The Labute approximate surface area is 235 Å². The highest BCUT2D eigenvalue weighted by Crippen LogP contribution is 2.38. The summed E-state index contributed by atoms with van der Waals surface area (Å²) >= 11 is 1.60. The Morgan fingerprint density at radius 1 is 1.15 bits per heavy atom. The molecule has 8 heteroatoms. The minimum absolute atomic E-state index is 0.383. The third-order valence-corrected chi connectivity index (χ3v) is 8.48. The Morgan fingerprint density at radius 2 is 1.90 bits per heavy atom. The molecule has 4 N–H and O–H groups in total. The molecule has 0 spiro atoms. The number of nitrogens with two attached hydrogens (primary N) is 1. The van der Waals surface area contributed by atoms with E-state index < -0.39 is 11.4 Å². The number of hydrogen-bond donors (Lipinski definition) is 3. The van der Waals surface area contributed by atoms with Gasteiger partial charge in [-0.1, -0.05) is 62.9 Å². The fourth-order valence-electron chi connectivity index (χ4n) is 5.37. The van der Waals surface area contributed by atoms with Crippen molar-refractivity contribution >= 4 is 23.4 Å². The molecular formula is C31H38N6OS. The molecule has 39 heavy (non-hydrogen) atoms. The largest absolute Gasteiger partial charge is 0.380 e. The monoisotopic (exact) mass is 542 g/mol. The highest BCUT2D eigenvalue weighted by Gasteiger charge is 2.42. The normalized spacial score (nSPS) is 15.3. The minimum atomic E-state index is -1.10. The Hall–Kier alpha value is -3.36. The van der Waals surface area contributed by atoms with Crippen molar-refractivity contribution in [3.05, 3.63) is 83.0 Å². The number of rotatable bonds is 11. The number of carbonyl (C=O) groups excluding carboxylic acids is 1. The maximum absolute atomic E-state index is 13.4. The predicted molar refractivity (Wildman–Crippen MR) is 159 cm³/mol. The Balaban J connectivity index is 1.47. The van der Waals surface area contributed by atoms with Crippen molar-refractivity contribution in [3.63, 3.8) is 0 Å². The highest BCUT2D eigenvalue weighted by atomic mass is 32.2. The number of fused-ring (bicyclic) bond motifs is 1. The van der Waals surface area contributed by atoms with Gasteiger partial charge in [0.25, 0.3) is 0 Å². The number of nitrogens with one attached hydrogen (secondary N) is 2. The summed E-state index contributed by atoms with van der Waals surface area (Å²) in [7, 11) is 0.